The Morgan fingerprint density at radius 1 is 1.32 bits per heavy atom. The number of Topliss-reactive ketones (excluding diaryl/α,β-unsaturated/α-hetero) is 1. The number of ketones is 1. The van der Waals surface area contributed by atoms with Crippen molar-refractivity contribution in [2.45, 2.75) is 32.1 Å². The van der Waals surface area contributed by atoms with E-state index in [1.54, 1.807) is 0 Å². The Balaban J connectivity index is 2.10. The number of benzene rings is 1. The first-order valence-electron chi connectivity index (χ1n) is 7.01. The number of carbonyl (C=O) groups excluding carboxylic acids is 1. The van der Waals surface area contributed by atoms with Gasteiger partial charge in [-0.3, -0.25) is 4.79 Å². The van der Waals surface area contributed by atoms with Crippen LogP contribution >= 0.6 is 0 Å². The molecule has 1 aliphatic carbocycles. The van der Waals surface area contributed by atoms with Gasteiger partial charge >= 0.3 is 0 Å². The third-order valence-electron chi connectivity index (χ3n) is 3.70. The molecule has 0 spiro atoms. The van der Waals surface area contributed by atoms with E-state index >= 15 is 0 Å². The minimum Gasteiger partial charge on any atom is -0.299 e. The second kappa shape index (κ2) is 6.95. The average molecular weight is 252 g/mol. The summed E-state index contributed by atoms with van der Waals surface area (Å²) in [4.78, 5) is 12.0. The predicted molar refractivity (Wildman–Crippen MR) is 78.6 cm³/mol. The van der Waals surface area contributed by atoms with Crippen LogP contribution in [0, 0.1) is 23.7 Å². The molecule has 1 fully saturated rings. The van der Waals surface area contributed by atoms with Gasteiger partial charge in [0.25, 0.3) is 0 Å². The molecule has 1 nitrogen and oxygen atoms in total. The van der Waals surface area contributed by atoms with Crippen molar-refractivity contribution in [1.29, 1.82) is 0 Å². The summed E-state index contributed by atoms with van der Waals surface area (Å²) in [7, 11) is 0. The molecule has 0 amide bonds. The topological polar surface area (TPSA) is 17.1 Å². The van der Waals surface area contributed by atoms with Gasteiger partial charge in [0.2, 0.25) is 0 Å². The summed E-state index contributed by atoms with van der Waals surface area (Å²) in [6.07, 6.45) is 6.45. The van der Waals surface area contributed by atoms with Crippen molar-refractivity contribution in [3.63, 3.8) is 0 Å². The van der Waals surface area contributed by atoms with Crippen molar-refractivity contribution in [2.24, 2.45) is 11.8 Å². The van der Waals surface area contributed by atoms with Crippen LogP contribution in [0.2, 0.25) is 0 Å². The van der Waals surface area contributed by atoms with Gasteiger partial charge in [-0.1, -0.05) is 36.1 Å². The Morgan fingerprint density at radius 3 is 2.84 bits per heavy atom. The molecule has 2 rings (SSSR count). The summed E-state index contributed by atoms with van der Waals surface area (Å²) < 4.78 is 0. The standard InChI is InChI=1S/C18H20O/c1-2-3-11-17-16(10-7-12-18(17)19)14-13-15-8-5-4-6-9-15/h2,4-6,8-9,16-17H,1,3,7,10-12H2/t16-,17+/m1/s1. The third-order valence-corrected chi connectivity index (χ3v) is 3.70. The van der Waals surface area contributed by atoms with Crippen LogP contribution in [0.5, 0.6) is 0 Å². The summed E-state index contributed by atoms with van der Waals surface area (Å²) in [6, 6.07) is 9.99. The lowest BCUT2D eigenvalue weighted by Crippen LogP contribution is -2.27. The van der Waals surface area contributed by atoms with Crippen molar-refractivity contribution in [3.8, 4) is 11.8 Å². The molecule has 98 valence electrons. The molecule has 0 unspecified atom stereocenters. The van der Waals surface area contributed by atoms with Crippen LogP contribution in [0.3, 0.4) is 0 Å². The molecule has 0 aromatic heterocycles. The van der Waals surface area contributed by atoms with Crippen LogP contribution < -0.4 is 0 Å². The van der Waals surface area contributed by atoms with Crippen molar-refractivity contribution in [1.82, 2.24) is 0 Å². The summed E-state index contributed by atoms with van der Waals surface area (Å²) in [5.41, 5.74) is 1.03. The normalized spacial score (nSPS) is 22.4. The zero-order valence-corrected chi connectivity index (χ0v) is 11.3. The number of hydrogen-bond donors (Lipinski definition) is 0. The minimum absolute atomic E-state index is 0.114. The van der Waals surface area contributed by atoms with Crippen LogP contribution in [-0.2, 0) is 4.79 Å². The Labute approximate surface area is 115 Å². The highest BCUT2D eigenvalue weighted by Crippen LogP contribution is 2.30. The van der Waals surface area contributed by atoms with E-state index in [4.69, 9.17) is 0 Å². The van der Waals surface area contributed by atoms with Crippen molar-refractivity contribution >= 4 is 5.78 Å². The van der Waals surface area contributed by atoms with E-state index in [-0.39, 0.29) is 11.8 Å². The van der Waals surface area contributed by atoms with E-state index in [2.05, 4.69) is 18.4 Å². The maximum atomic E-state index is 12.0. The third kappa shape index (κ3) is 3.83. The monoisotopic (exact) mass is 252 g/mol. The highest BCUT2D eigenvalue weighted by molar-refractivity contribution is 5.82. The highest BCUT2D eigenvalue weighted by atomic mass is 16.1. The summed E-state index contributed by atoms with van der Waals surface area (Å²) in [5.74, 6) is 7.26. The molecule has 0 aliphatic heterocycles. The largest absolute Gasteiger partial charge is 0.299 e. The number of carbonyl (C=O) groups is 1. The molecule has 1 aliphatic rings. The maximum absolute atomic E-state index is 12.0. The zero-order valence-electron chi connectivity index (χ0n) is 11.3. The van der Waals surface area contributed by atoms with Crippen LogP contribution in [0.4, 0.5) is 0 Å². The Hall–Kier alpha value is -1.81. The number of hydrogen-bond acceptors (Lipinski definition) is 1. The smallest absolute Gasteiger partial charge is 0.137 e. The predicted octanol–water partition coefficient (Wildman–Crippen LogP) is 3.99. The van der Waals surface area contributed by atoms with E-state index in [0.717, 1.165) is 37.7 Å². The maximum Gasteiger partial charge on any atom is 0.137 e. The quantitative estimate of drug-likeness (QED) is 0.587. The second-order valence-electron chi connectivity index (χ2n) is 5.07. The molecule has 1 aromatic carbocycles. The summed E-state index contributed by atoms with van der Waals surface area (Å²) in [6.45, 7) is 3.74. The van der Waals surface area contributed by atoms with Crippen LogP contribution in [0.1, 0.15) is 37.7 Å². The van der Waals surface area contributed by atoms with Crippen molar-refractivity contribution in [2.75, 3.05) is 0 Å². The van der Waals surface area contributed by atoms with Gasteiger partial charge in [-0.2, -0.15) is 0 Å². The molecule has 0 heterocycles. The molecule has 19 heavy (non-hydrogen) atoms. The molecule has 1 saturated carbocycles. The highest BCUT2D eigenvalue weighted by Gasteiger charge is 2.29. The van der Waals surface area contributed by atoms with Gasteiger partial charge in [-0.15, -0.1) is 6.58 Å². The van der Waals surface area contributed by atoms with Crippen LogP contribution in [0.25, 0.3) is 0 Å². The fraction of sp³-hybridized carbons (Fsp3) is 0.389. The average Bonchev–Trinajstić information content (AvgIpc) is 2.45. The molecule has 2 atom stereocenters. The van der Waals surface area contributed by atoms with Gasteiger partial charge < -0.3 is 0 Å². The van der Waals surface area contributed by atoms with Gasteiger partial charge in [-0.05, 0) is 37.8 Å². The van der Waals surface area contributed by atoms with Gasteiger partial charge in [0, 0.05) is 23.8 Å². The van der Waals surface area contributed by atoms with E-state index < -0.39 is 0 Å². The minimum atomic E-state index is 0.114. The van der Waals surface area contributed by atoms with Crippen molar-refractivity contribution < 1.29 is 4.79 Å². The molecule has 0 bridgehead atoms. The first-order valence-corrected chi connectivity index (χ1v) is 7.01. The fourth-order valence-corrected chi connectivity index (χ4v) is 2.64. The molecule has 1 heteroatoms. The summed E-state index contributed by atoms with van der Waals surface area (Å²) >= 11 is 0. The van der Waals surface area contributed by atoms with Gasteiger partial charge in [0.15, 0.2) is 0 Å². The lowest BCUT2D eigenvalue weighted by atomic mass is 9.76. The zero-order chi connectivity index (χ0) is 13.5. The lowest BCUT2D eigenvalue weighted by molar-refractivity contribution is -0.125. The number of rotatable bonds is 3. The van der Waals surface area contributed by atoms with Gasteiger partial charge in [0.1, 0.15) is 5.78 Å². The second-order valence-corrected chi connectivity index (χ2v) is 5.07. The van der Waals surface area contributed by atoms with E-state index in [0.29, 0.717) is 5.78 Å². The molecule has 0 saturated heterocycles. The Kier molecular flexibility index (Phi) is 4.98. The molecular weight excluding hydrogens is 232 g/mol. The van der Waals surface area contributed by atoms with Gasteiger partial charge in [-0.25, -0.2) is 0 Å². The van der Waals surface area contributed by atoms with E-state index in [1.807, 2.05) is 36.4 Å². The van der Waals surface area contributed by atoms with Crippen LogP contribution in [-0.4, -0.2) is 5.78 Å². The first-order chi connectivity index (χ1) is 9.31. The molecular formula is C18H20O. The molecule has 1 aromatic rings. The first kappa shape index (κ1) is 13.6. The molecule has 0 radical (unpaired) electrons. The Morgan fingerprint density at radius 2 is 2.11 bits per heavy atom. The molecule has 0 N–H and O–H groups in total. The van der Waals surface area contributed by atoms with E-state index in [1.165, 1.54) is 0 Å². The van der Waals surface area contributed by atoms with Gasteiger partial charge in [0.05, 0.1) is 0 Å². The number of allylic oxidation sites excluding steroid dienone is 1. The lowest BCUT2D eigenvalue weighted by Gasteiger charge is -2.26. The van der Waals surface area contributed by atoms with Crippen LogP contribution in [0.15, 0.2) is 43.0 Å². The van der Waals surface area contributed by atoms with E-state index in [9.17, 15) is 4.79 Å². The Bertz CT molecular complexity index is 489. The van der Waals surface area contributed by atoms with Crippen molar-refractivity contribution in [3.05, 3.63) is 48.6 Å². The SMILES string of the molecule is C=CCC[C@@H]1C(=O)CCC[C@@H]1C#Cc1ccccc1. The fourth-order valence-electron chi connectivity index (χ4n) is 2.64. The summed E-state index contributed by atoms with van der Waals surface area (Å²) in [5, 5.41) is 0.